The largest absolute Gasteiger partial charge is 0.350 e. The maximum absolute atomic E-state index is 11.9. The van der Waals surface area contributed by atoms with Crippen molar-refractivity contribution in [3.63, 3.8) is 0 Å². The maximum Gasteiger partial charge on any atom is 0.241 e. The van der Waals surface area contributed by atoms with Gasteiger partial charge in [-0.1, -0.05) is 0 Å². The van der Waals surface area contributed by atoms with E-state index >= 15 is 0 Å². The Kier molecular flexibility index (Phi) is 3.39. The molecule has 0 aliphatic heterocycles. The summed E-state index contributed by atoms with van der Waals surface area (Å²) in [4.78, 5) is 15.9. The van der Waals surface area contributed by atoms with Crippen LogP contribution >= 0.6 is 0 Å². The van der Waals surface area contributed by atoms with Gasteiger partial charge in [0.05, 0.1) is 11.9 Å². The summed E-state index contributed by atoms with van der Waals surface area (Å²) in [7, 11) is 1.87. The van der Waals surface area contributed by atoms with Gasteiger partial charge in [0.2, 0.25) is 5.91 Å². The minimum atomic E-state index is -0.0785. The molecule has 0 bridgehead atoms. The fourth-order valence-corrected chi connectivity index (χ4v) is 2.22. The third kappa shape index (κ3) is 2.76. The number of carbonyl (C=O) groups excluding carboxylic acids is 1. The van der Waals surface area contributed by atoms with Crippen LogP contribution in [0, 0.1) is 6.92 Å². The minimum Gasteiger partial charge on any atom is -0.350 e. The summed E-state index contributed by atoms with van der Waals surface area (Å²) in [6, 6.07) is 3.75. The number of aryl methyl sites for hydroxylation is 2. The number of hydrogen-bond acceptors (Lipinski definition) is 4. The quantitative estimate of drug-likeness (QED) is 0.768. The molecule has 0 aliphatic rings. The molecule has 0 saturated heterocycles. The first-order valence-electron chi connectivity index (χ1n) is 6.66. The number of fused-ring (bicyclic) bond motifs is 1. The van der Waals surface area contributed by atoms with Gasteiger partial charge in [0.15, 0.2) is 0 Å². The molecule has 0 atom stereocenters. The molecule has 0 aliphatic carbocycles. The molecule has 3 heterocycles. The number of nitrogens with one attached hydrogen (secondary N) is 1. The Hall–Kier alpha value is -2.70. The van der Waals surface area contributed by atoms with E-state index in [1.807, 2.05) is 32.3 Å². The monoisotopic (exact) mass is 284 g/mol. The second-order valence-corrected chi connectivity index (χ2v) is 4.90. The number of hydrogen-bond donors (Lipinski definition) is 1. The summed E-state index contributed by atoms with van der Waals surface area (Å²) >= 11 is 0. The van der Waals surface area contributed by atoms with Crippen LogP contribution in [0.2, 0.25) is 0 Å². The highest BCUT2D eigenvalue weighted by Gasteiger charge is 2.11. The first-order chi connectivity index (χ1) is 10.1. The third-order valence-corrected chi connectivity index (χ3v) is 3.28. The van der Waals surface area contributed by atoms with Gasteiger partial charge in [-0.25, -0.2) is 0 Å². The van der Waals surface area contributed by atoms with Gasteiger partial charge in [-0.2, -0.15) is 10.2 Å². The Labute approximate surface area is 121 Å². The molecule has 1 N–H and O–H groups in total. The summed E-state index contributed by atoms with van der Waals surface area (Å²) in [6.07, 6.45) is 5.25. The standard InChI is InChI=1S/C14H16N6O/c1-10-14-12(19(2)17-10)8-20(18-14)9-13(21)16-7-11-3-5-15-6-4-11/h3-6,8H,7,9H2,1-2H3,(H,16,21). The van der Waals surface area contributed by atoms with E-state index in [4.69, 9.17) is 0 Å². The van der Waals surface area contributed by atoms with Gasteiger partial charge in [-0.3, -0.25) is 19.1 Å². The number of rotatable bonds is 4. The Morgan fingerprint density at radius 3 is 2.76 bits per heavy atom. The molecule has 0 radical (unpaired) electrons. The van der Waals surface area contributed by atoms with Crippen LogP contribution in [0.15, 0.2) is 30.7 Å². The minimum absolute atomic E-state index is 0.0785. The predicted molar refractivity (Wildman–Crippen MR) is 77.3 cm³/mol. The van der Waals surface area contributed by atoms with Crippen molar-refractivity contribution < 1.29 is 4.79 Å². The molecular formula is C14H16N6O. The van der Waals surface area contributed by atoms with Crippen LogP contribution in [-0.4, -0.2) is 30.5 Å². The van der Waals surface area contributed by atoms with E-state index in [0.717, 1.165) is 22.3 Å². The van der Waals surface area contributed by atoms with E-state index in [2.05, 4.69) is 20.5 Å². The van der Waals surface area contributed by atoms with Gasteiger partial charge in [-0.05, 0) is 24.6 Å². The lowest BCUT2D eigenvalue weighted by atomic mass is 10.3. The molecule has 0 saturated carbocycles. The Morgan fingerprint density at radius 2 is 2.05 bits per heavy atom. The summed E-state index contributed by atoms with van der Waals surface area (Å²) in [6.45, 7) is 2.59. The van der Waals surface area contributed by atoms with E-state index in [1.54, 1.807) is 21.8 Å². The highest BCUT2D eigenvalue weighted by atomic mass is 16.2. The predicted octanol–water partition coefficient (Wildman–Crippen LogP) is 0.790. The lowest BCUT2D eigenvalue weighted by molar-refractivity contribution is -0.122. The van der Waals surface area contributed by atoms with Crippen LogP contribution in [0.1, 0.15) is 11.3 Å². The molecule has 21 heavy (non-hydrogen) atoms. The number of amides is 1. The normalized spacial score (nSPS) is 11.0. The summed E-state index contributed by atoms with van der Waals surface area (Å²) < 4.78 is 3.41. The van der Waals surface area contributed by atoms with Crippen LogP contribution < -0.4 is 5.32 Å². The highest BCUT2D eigenvalue weighted by Crippen LogP contribution is 2.14. The zero-order valence-electron chi connectivity index (χ0n) is 11.9. The van der Waals surface area contributed by atoms with Gasteiger partial charge in [0.1, 0.15) is 17.6 Å². The van der Waals surface area contributed by atoms with Gasteiger partial charge in [0.25, 0.3) is 0 Å². The number of aromatic nitrogens is 5. The molecule has 3 rings (SSSR count). The zero-order valence-corrected chi connectivity index (χ0v) is 11.9. The van der Waals surface area contributed by atoms with Crippen LogP contribution in [0.5, 0.6) is 0 Å². The maximum atomic E-state index is 11.9. The Balaban J connectivity index is 1.65. The fraction of sp³-hybridized carbons (Fsp3) is 0.286. The summed E-state index contributed by atoms with van der Waals surface area (Å²) in [5.41, 5.74) is 3.64. The number of pyridine rings is 1. The SMILES string of the molecule is Cc1nn(C)c2cn(CC(=O)NCc3ccncc3)nc12. The fourth-order valence-electron chi connectivity index (χ4n) is 2.22. The first kappa shape index (κ1) is 13.3. The van der Waals surface area contributed by atoms with E-state index < -0.39 is 0 Å². The van der Waals surface area contributed by atoms with Crippen molar-refractivity contribution in [1.29, 1.82) is 0 Å². The molecule has 3 aromatic rings. The molecular weight excluding hydrogens is 268 g/mol. The average molecular weight is 284 g/mol. The molecule has 7 heteroatoms. The van der Waals surface area contributed by atoms with Crippen LogP contribution in [0.3, 0.4) is 0 Å². The lowest BCUT2D eigenvalue weighted by Crippen LogP contribution is -2.27. The molecule has 0 spiro atoms. The second-order valence-electron chi connectivity index (χ2n) is 4.90. The van der Waals surface area contributed by atoms with Gasteiger partial charge in [0, 0.05) is 26.0 Å². The van der Waals surface area contributed by atoms with Crippen LogP contribution in [0.4, 0.5) is 0 Å². The van der Waals surface area contributed by atoms with E-state index in [1.165, 1.54) is 0 Å². The van der Waals surface area contributed by atoms with E-state index in [0.29, 0.717) is 6.54 Å². The molecule has 0 unspecified atom stereocenters. The molecule has 7 nitrogen and oxygen atoms in total. The first-order valence-corrected chi connectivity index (χ1v) is 6.66. The smallest absolute Gasteiger partial charge is 0.241 e. The lowest BCUT2D eigenvalue weighted by Gasteiger charge is -2.05. The van der Waals surface area contributed by atoms with Crippen molar-refractivity contribution >= 4 is 16.9 Å². The number of carbonyl (C=O) groups is 1. The van der Waals surface area contributed by atoms with Crippen molar-refractivity contribution in [3.8, 4) is 0 Å². The zero-order chi connectivity index (χ0) is 14.8. The van der Waals surface area contributed by atoms with E-state index in [9.17, 15) is 4.79 Å². The third-order valence-electron chi connectivity index (χ3n) is 3.28. The molecule has 108 valence electrons. The van der Waals surface area contributed by atoms with E-state index in [-0.39, 0.29) is 12.5 Å². The molecule has 3 aromatic heterocycles. The Bertz CT molecular complexity index is 739. The van der Waals surface area contributed by atoms with Crippen molar-refractivity contribution in [3.05, 3.63) is 42.0 Å². The van der Waals surface area contributed by atoms with Gasteiger partial charge >= 0.3 is 0 Å². The van der Waals surface area contributed by atoms with Crippen molar-refractivity contribution in [1.82, 2.24) is 29.9 Å². The van der Waals surface area contributed by atoms with Crippen molar-refractivity contribution in [2.24, 2.45) is 7.05 Å². The van der Waals surface area contributed by atoms with Crippen molar-refractivity contribution in [2.45, 2.75) is 20.0 Å². The highest BCUT2D eigenvalue weighted by molar-refractivity contribution is 5.79. The van der Waals surface area contributed by atoms with Gasteiger partial charge in [-0.15, -0.1) is 0 Å². The Morgan fingerprint density at radius 1 is 1.29 bits per heavy atom. The molecule has 0 fully saturated rings. The molecule has 1 amide bonds. The summed E-state index contributed by atoms with van der Waals surface area (Å²) in [5, 5.41) is 11.5. The van der Waals surface area contributed by atoms with Crippen LogP contribution in [-0.2, 0) is 24.9 Å². The summed E-state index contributed by atoms with van der Waals surface area (Å²) in [5.74, 6) is -0.0785. The average Bonchev–Trinajstić information content (AvgIpc) is 3.00. The number of nitrogens with zero attached hydrogens (tertiary/aromatic N) is 5. The van der Waals surface area contributed by atoms with Crippen LogP contribution in [0.25, 0.3) is 11.0 Å². The van der Waals surface area contributed by atoms with Gasteiger partial charge < -0.3 is 5.32 Å². The van der Waals surface area contributed by atoms with Crippen molar-refractivity contribution in [2.75, 3.05) is 0 Å². The molecule has 0 aromatic carbocycles. The second kappa shape index (κ2) is 5.35. The topological polar surface area (TPSA) is 77.6 Å².